The molecule has 38 heavy (non-hydrogen) atoms. The van der Waals surface area contributed by atoms with E-state index in [0.29, 0.717) is 12.5 Å². The standard InChI is InChI=1S/C32H35N3O3/c36-30-32(34-31(37)33-30)27(17-20-35-18-15-25(16-19-35)24-9-5-2-6-10-24)12-11-26-21-28(13-14-29(26)32)38-22-23-7-3-1-4-8-23/h1-10,13-14,21,25,27H,11-12,15-20,22H2,(H2,33,34,36,37). The highest BCUT2D eigenvalue weighted by Crippen LogP contribution is 2.44. The maximum absolute atomic E-state index is 13.3. The number of piperidine rings is 1. The van der Waals surface area contributed by atoms with E-state index in [1.54, 1.807) is 0 Å². The number of aryl methyl sites for hydroxylation is 1. The van der Waals surface area contributed by atoms with Gasteiger partial charge in [-0.2, -0.15) is 0 Å². The molecule has 2 atom stereocenters. The molecule has 0 aromatic heterocycles. The topological polar surface area (TPSA) is 70.7 Å². The van der Waals surface area contributed by atoms with Crippen LogP contribution in [0.3, 0.4) is 0 Å². The predicted octanol–water partition coefficient (Wildman–Crippen LogP) is 5.13. The summed E-state index contributed by atoms with van der Waals surface area (Å²) in [5, 5.41) is 5.60. The smallest absolute Gasteiger partial charge is 0.322 e. The number of carbonyl (C=O) groups is 2. The van der Waals surface area contributed by atoms with Crippen molar-refractivity contribution in [3.63, 3.8) is 0 Å². The zero-order valence-electron chi connectivity index (χ0n) is 21.7. The van der Waals surface area contributed by atoms with Gasteiger partial charge >= 0.3 is 6.03 Å². The summed E-state index contributed by atoms with van der Waals surface area (Å²) in [4.78, 5) is 28.3. The van der Waals surface area contributed by atoms with Crippen LogP contribution < -0.4 is 15.4 Å². The Morgan fingerprint density at radius 3 is 2.34 bits per heavy atom. The molecule has 2 fully saturated rings. The lowest BCUT2D eigenvalue weighted by atomic mass is 9.67. The quantitative estimate of drug-likeness (QED) is 0.433. The highest BCUT2D eigenvalue weighted by Gasteiger charge is 2.55. The van der Waals surface area contributed by atoms with Gasteiger partial charge in [0.2, 0.25) is 0 Å². The Balaban J connectivity index is 1.14. The zero-order chi connectivity index (χ0) is 26.0. The fourth-order valence-corrected chi connectivity index (χ4v) is 6.62. The summed E-state index contributed by atoms with van der Waals surface area (Å²) in [5.74, 6) is 1.23. The van der Waals surface area contributed by atoms with E-state index in [-0.39, 0.29) is 11.8 Å². The average Bonchev–Trinajstić information content (AvgIpc) is 3.26. The maximum Gasteiger partial charge on any atom is 0.322 e. The van der Waals surface area contributed by atoms with E-state index in [0.717, 1.165) is 74.2 Å². The molecule has 1 aliphatic carbocycles. The molecule has 3 aromatic carbocycles. The molecule has 1 spiro atoms. The zero-order valence-corrected chi connectivity index (χ0v) is 21.7. The van der Waals surface area contributed by atoms with Gasteiger partial charge < -0.3 is 15.0 Å². The molecular weight excluding hydrogens is 474 g/mol. The third-order valence-corrected chi connectivity index (χ3v) is 8.67. The van der Waals surface area contributed by atoms with Gasteiger partial charge in [0.1, 0.15) is 17.9 Å². The summed E-state index contributed by atoms with van der Waals surface area (Å²) >= 11 is 0. The van der Waals surface area contributed by atoms with Crippen molar-refractivity contribution in [1.29, 1.82) is 0 Å². The van der Waals surface area contributed by atoms with Gasteiger partial charge in [-0.25, -0.2) is 4.79 Å². The Hall–Kier alpha value is -3.64. The van der Waals surface area contributed by atoms with Gasteiger partial charge in [0.05, 0.1) is 0 Å². The summed E-state index contributed by atoms with van der Waals surface area (Å²) in [5.41, 5.74) is 3.52. The first-order valence-corrected chi connectivity index (χ1v) is 13.8. The molecule has 6 heteroatoms. The third kappa shape index (κ3) is 4.81. The Morgan fingerprint density at radius 1 is 0.895 bits per heavy atom. The first-order chi connectivity index (χ1) is 18.6. The van der Waals surface area contributed by atoms with E-state index in [9.17, 15) is 9.59 Å². The van der Waals surface area contributed by atoms with Crippen molar-refractivity contribution in [2.45, 2.75) is 50.2 Å². The van der Waals surface area contributed by atoms with Crippen molar-refractivity contribution in [2.75, 3.05) is 19.6 Å². The number of carbonyl (C=O) groups excluding carboxylic acids is 2. The van der Waals surface area contributed by atoms with Gasteiger partial charge in [0.15, 0.2) is 0 Å². The van der Waals surface area contributed by atoms with E-state index in [4.69, 9.17) is 4.74 Å². The van der Waals surface area contributed by atoms with E-state index < -0.39 is 11.6 Å². The number of rotatable bonds is 7. The molecule has 0 bridgehead atoms. The molecule has 0 saturated carbocycles. The summed E-state index contributed by atoms with van der Waals surface area (Å²) < 4.78 is 6.06. The fraction of sp³-hybridized carbons (Fsp3) is 0.375. The van der Waals surface area contributed by atoms with Crippen LogP contribution in [0.4, 0.5) is 4.79 Å². The molecular formula is C32H35N3O3. The molecule has 3 aromatic rings. The van der Waals surface area contributed by atoms with Crippen molar-refractivity contribution in [3.05, 3.63) is 101 Å². The summed E-state index contributed by atoms with van der Waals surface area (Å²) in [6.45, 7) is 3.56. The normalized spacial score (nSPS) is 23.6. The Labute approximate surface area is 224 Å². The van der Waals surface area contributed by atoms with Crippen molar-refractivity contribution < 1.29 is 14.3 Å². The van der Waals surface area contributed by atoms with E-state index in [1.165, 1.54) is 5.56 Å². The number of fused-ring (bicyclic) bond motifs is 2. The van der Waals surface area contributed by atoms with Crippen LogP contribution in [-0.4, -0.2) is 36.5 Å². The molecule has 6 rings (SSSR count). The molecule has 2 saturated heterocycles. The Bertz CT molecular complexity index is 1290. The van der Waals surface area contributed by atoms with Gasteiger partial charge in [-0.15, -0.1) is 0 Å². The molecule has 6 nitrogen and oxygen atoms in total. The number of nitrogens with zero attached hydrogens (tertiary/aromatic N) is 1. The van der Waals surface area contributed by atoms with Gasteiger partial charge in [-0.3, -0.25) is 10.1 Å². The number of amides is 3. The second kappa shape index (κ2) is 10.6. The minimum atomic E-state index is -1.01. The van der Waals surface area contributed by atoms with Crippen molar-refractivity contribution in [1.82, 2.24) is 15.5 Å². The maximum atomic E-state index is 13.3. The predicted molar refractivity (Wildman–Crippen MR) is 147 cm³/mol. The van der Waals surface area contributed by atoms with Crippen LogP contribution >= 0.6 is 0 Å². The molecule has 2 aliphatic heterocycles. The van der Waals surface area contributed by atoms with Crippen LogP contribution in [0.15, 0.2) is 78.9 Å². The second-order valence-corrected chi connectivity index (χ2v) is 10.9. The molecule has 2 N–H and O–H groups in total. The molecule has 2 unspecified atom stereocenters. The molecule has 2 heterocycles. The number of hydrogen-bond donors (Lipinski definition) is 2. The largest absolute Gasteiger partial charge is 0.489 e. The number of hydrogen-bond acceptors (Lipinski definition) is 4. The summed E-state index contributed by atoms with van der Waals surface area (Å²) in [7, 11) is 0. The van der Waals surface area contributed by atoms with Gasteiger partial charge in [-0.05, 0) is 98.0 Å². The fourth-order valence-electron chi connectivity index (χ4n) is 6.62. The Morgan fingerprint density at radius 2 is 1.63 bits per heavy atom. The Kier molecular flexibility index (Phi) is 6.90. The van der Waals surface area contributed by atoms with Gasteiger partial charge in [0, 0.05) is 0 Å². The average molecular weight is 510 g/mol. The lowest BCUT2D eigenvalue weighted by molar-refractivity contribution is -0.127. The number of nitrogens with one attached hydrogen (secondary N) is 2. The van der Waals surface area contributed by atoms with Crippen LogP contribution in [0, 0.1) is 5.92 Å². The van der Waals surface area contributed by atoms with Gasteiger partial charge in [-0.1, -0.05) is 66.7 Å². The van der Waals surface area contributed by atoms with E-state index in [1.807, 2.05) is 48.5 Å². The molecule has 196 valence electrons. The number of benzene rings is 3. The first-order valence-electron chi connectivity index (χ1n) is 13.8. The number of urea groups is 1. The summed E-state index contributed by atoms with van der Waals surface area (Å²) in [6, 6.07) is 26.4. The highest BCUT2D eigenvalue weighted by molar-refractivity contribution is 6.08. The minimum absolute atomic E-state index is 0.0457. The van der Waals surface area contributed by atoms with Crippen LogP contribution in [-0.2, 0) is 23.4 Å². The first kappa shape index (κ1) is 24.7. The summed E-state index contributed by atoms with van der Waals surface area (Å²) in [6.07, 6.45) is 4.90. The van der Waals surface area contributed by atoms with Crippen LogP contribution in [0.5, 0.6) is 5.75 Å². The van der Waals surface area contributed by atoms with E-state index in [2.05, 4.69) is 45.9 Å². The number of ether oxygens (including phenoxy) is 1. The van der Waals surface area contributed by atoms with Crippen molar-refractivity contribution >= 4 is 11.9 Å². The number of imide groups is 1. The minimum Gasteiger partial charge on any atom is -0.489 e. The monoisotopic (exact) mass is 509 g/mol. The second-order valence-electron chi connectivity index (χ2n) is 10.9. The van der Waals surface area contributed by atoms with E-state index >= 15 is 0 Å². The molecule has 3 amide bonds. The lowest BCUT2D eigenvalue weighted by Crippen LogP contribution is -2.53. The van der Waals surface area contributed by atoms with Crippen molar-refractivity contribution in [2.24, 2.45) is 5.92 Å². The lowest BCUT2D eigenvalue weighted by Gasteiger charge is -2.42. The van der Waals surface area contributed by atoms with Crippen LogP contribution in [0.1, 0.15) is 53.9 Å². The van der Waals surface area contributed by atoms with Crippen LogP contribution in [0.2, 0.25) is 0 Å². The van der Waals surface area contributed by atoms with Gasteiger partial charge in [0.25, 0.3) is 5.91 Å². The van der Waals surface area contributed by atoms with Crippen LogP contribution in [0.25, 0.3) is 0 Å². The molecule has 0 radical (unpaired) electrons. The van der Waals surface area contributed by atoms with Crippen molar-refractivity contribution in [3.8, 4) is 5.75 Å². The SMILES string of the molecule is O=C1NC(=O)C2(N1)c1ccc(OCc3ccccc3)cc1CCC2CCN1CCC(c2ccccc2)CC1. The third-order valence-electron chi connectivity index (χ3n) is 8.67. The number of likely N-dealkylation sites (tertiary alicyclic amines) is 1. The molecule has 3 aliphatic rings. The highest BCUT2D eigenvalue weighted by atomic mass is 16.5.